The van der Waals surface area contributed by atoms with Crippen molar-refractivity contribution in [3.63, 3.8) is 0 Å². The van der Waals surface area contributed by atoms with E-state index >= 15 is 0 Å². The fourth-order valence-corrected chi connectivity index (χ4v) is 4.89. The number of carbonyl (C=O) groups excluding carboxylic acids is 2. The highest BCUT2D eigenvalue weighted by atomic mass is 35.5. The van der Waals surface area contributed by atoms with Gasteiger partial charge in [-0.05, 0) is 35.7 Å². The minimum absolute atomic E-state index is 0.00759. The molecule has 2 atom stereocenters. The molecule has 0 aliphatic carbocycles. The standard InChI is InChI=1S/C23H22ClN3O3/c24-15-8-6-14(7-9-15)22-21-17(16-4-1-2-5-18(16)25-21)12-19-23(30)26(10-3-11-28)13-20(29)27(19)22/h1-2,4-9,19,22,25,28H,3,10-13H2/t19-,22-/m1/s1. The van der Waals surface area contributed by atoms with Gasteiger partial charge in [-0.1, -0.05) is 41.9 Å². The average molecular weight is 424 g/mol. The van der Waals surface area contributed by atoms with E-state index in [1.54, 1.807) is 9.80 Å². The third-order valence-corrected chi connectivity index (χ3v) is 6.37. The van der Waals surface area contributed by atoms with E-state index in [4.69, 9.17) is 16.7 Å². The molecule has 1 fully saturated rings. The van der Waals surface area contributed by atoms with Crippen molar-refractivity contribution in [1.29, 1.82) is 0 Å². The first kappa shape index (κ1) is 19.2. The Labute approximate surface area is 179 Å². The van der Waals surface area contributed by atoms with Gasteiger partial charge < -0.3 is 19.9 Å². The Balaban J connectivity index is 1.66. The Morgan fingerprint density at radius 1 is 1.10 bits per heavy atom. The van der Waals surface area contributed by atoms with Gasteiger partial charge in [-0.2, -0.15) is 0 Å². The number of halogens is 1. The first-order valence-corrected chi connectivity index (χ1v) is 10.5. The summed E-state index contributed by atoms with van der Waals surface area (Å²) in [6.07, 6.45) is 0.939. The number of nitrogens with one attached hydrogen (secondary N) is 1. The molecule has 1 saturated heterocycles. The van der Waals surface area contributed by atoms with Crippen LogP contribution in [0.5, 0.6) is 0 Å². The number of hydrogen-bond acceptors (Lipinski definition) is 3. The normalized spacial score (nSPS) is 21.1. The van der Waals surface area contributed by atoms with E-state index in [-0.39, 0.29) is 31.0 Å². The summed E-state index contributed by atoms with van der Waals surface area (Å²) in [6, 6.07) is 14.6. The Bertz CT molecular complexity index is 1120. The zero-order chi connectivity index (χ0) is 20.8. The summed E-state index contributed by atoms with van der Waals surface area (Å²) < 4.78 is 0. The molecule has 0 saturated carbocycles. The predicted octanol–water partition coefficient (Wildman–Crippen LogP) is 2.89. The molecule has 2 amide bonds. The topological polar surface area (TPSA) is 76.6 Å². The third kappa shape index (κ3) is 2.99. The summed E-state index contributed by atoms with van der Waals surface area (Å²) in [5.74, 6) is -0.139. The second-order valence-corrected chi connectivity index (χ2v) is 8.31. The molecular weight excluding hydrogens is 402 g/mol. The Hall–Kier alpha value is -2.83. The van der Waals surface area contributed by atoms with Gasteiger partial charge in [0.1, 0.15) is 6.04 Å². The van der Waals surface area contributed by atoms with Gasteiger partial charge in [0.05, 0.1) is 12.6 Å². The van der Waals surface area contributed by atoms with Gasteiger partial charge in [0.15, 0.2) is 0 Å². The van der Waals surface area contributed by atoms with Gasteiger partial charge in [0, 0.05) is 41.2 Å². The third-order valence-electron chi connectivity index (χ3n) is 6.11. The number of nitrogens with zero attached hydrogens (tertiary/aromatic N) is 2. The SMILES string of the molecule is O=C1[C@H]2Cc3c([nH]c4ccccc34)[C@@H](c3ccc(Cl)cc3)N2C(=O)CN1CCCO. The van der Waals surface area contributed by atoms with Gasteiger partial charge in [0.25, 0.3) is 0 Å². The number of piperazine rings is 1. The van der Waals surface area contributed by atoms with Crippen LogP contribution in [0.15, 0.2) is 48.5 Å². The Kier molecular flexibility index (Phi) is 4.76. The first-order valence-electron chi connectivity index (χ1n) is 10.1. The lowest BCUT2D eigenvalue weighted by Gasteiger charge is -2.47. The van der Waals surface area contributed by atoms with E-state index < -0.39 is 6.04 Å². The number of benzene rings is 2. The maximum absolute atomic E-state index is 13.3. The molecule has 5 rings (SSSR count). The van der Waals surface area contributed by atoms with Crippen molar-refractivity contribution in [2.45, 2.75) is 24.9 Å². The number of hydrogen-bond donors (Lipinski definition) is 2. The van der Waals surface area contributed by atoms with Crippen LogP contribution in [0, 0.1) is 0 Å². The van der Waals surface area contributed by atoms with Crippen molar-refractivity contribution in [3.8, 4) is 0 Å². The van der Waals surface area contributed by atoms with Gasteiger partial charge >= 0.3 is 0 Å². The van der Waals surface area contributed by atoms with E-state index in [0.717, 1.165) is 27.7 Å². The molecule has 2 aliphatic rings. The van der Waals surface area contributed by atoms with Crippen LogP contribution in [0.3, 0.4) is 0 Å². The molecule has 1 aromatic heterocycles. The predicted molar refractivity (Wildman–Crippen MR) is 114 cm³/mol. The van der Waals surface area contributed by atoms with E-state index in [1.807, 2.05) is 42.5 Å². The second-order valence-electron chi connectivity index (χ2n) is 7.87. The maximum Gasteiger partial charge on any atom is 0.246 e. The van der Waals surface area contributed by atoms with Crippen LogP contribution in [0.2, 0.25) is 5.02 Å². The van der Waals surface area contributed by atoms with E-state index in [0.29, 0.717) is 24.4 Å². The molecule has 3 heterocycles. The van der Waals surface area contributed by atoms with E-state index in [2.05, 4.69) is 11.1 Å². The number of aromatic nitrogens is 1. The number of carbonyl (C=O) groups is 2. The molecular formula is C23H22ClN3O3. The largest absolute Gasteiger partial charge is 0.396 e. The van der Waals surface area contributed by atoms with Crippen LogP contribution >= 0.6 is 11.6 Å². The molecule has 0 bridgehead atoms. The van der Waals surface area contributed by atoms with E-state index in [9.17, 15) is 9.59 Å². The van der Waals surface area contributed by atoms with Crippen LogP contribution < -0.4 is 0 Å². The van der Waals surface area contributed by atoms with Crippen LogP contribution in [0.4, 0.5) is 0 Å². The lowest BCUT2D eigenvalue weighted by molar-refractivity contribution is -0.158. The number of H-pyrrole nitrogens is 1. The quantitative estimate of drug-likeness (QED) is 0.677. The molecule has 2 aliphatic heterocycles. The molecule has 0 radical (unpaired) electrons. The zero-order valence-electron chi connectivity index (χ0n) is 16.3. The lowest BCUT2D eigenvalue weighted by Crippen LogP contribution is -2.63. The second kappa shape index (κ2) is 7.45. The van der Waals surface area contributed by atoms with Crippen molar-refractivity contribution in [2.24, 2.45) is 0 Å². The minimum atomic E-state index is -0.558. The number of aliphatic hydroxyl groups excluding tert-OH is 1. The summed E-state index contributed by atoms with van der Waals surface area (Å²) >= 11 is 6.10. The Morgan fingerprint density at radius 2 is 1.87 bits per heavy atom. The van der Waals surface area contributed by atoms with Crippen molar-refractivity contribution >= 4 is 34.3 Å². The number of fused-ring (bicyclic) bond motifs is 4. The summed E-state index contributed by atoms with van der Waals surface area (Å²) in [5.41, 5.74) is 3.96. The summed E-state index contributed by atoms with van der Waals surface area (Å²) in [4.78, 5) is 33.4. The van der Waals surface area contributed by atoms with Crippen LogP contribution in [-0.4, -0.2) is 57.4 Å². The van der Waals surface area contributed by atoms with Crippen molar-refractivity contribution < 1.29 is 14.7 Å². The summed E-state index contributed by atoms with van der Waals surface area (Å²) in [5, 5.41) is 10.9. The maximum atomic E-state index is 13.3. The fraction of sp³-hybridized carbons (Fsp3) is 0.304. The molecule has 0 spiro atoms. The molecule has 2 N–H and O–H groups in total. The number of aromatic amines is 1. The molecule has 6 nitrogen and oxygen atoms in total. The number of amides is 2. The van der Waals surface area contributed by atoms with Crippen LogP contribution in [0.25, 0.3) is 10.9 Å². The van der Waals surface area contributed by atoms with Gasteiger partial charge in [0.2, 0.25) is 11.8 Å². The van der Waals surface area contributed by atoms with Crippen molar-refractivity contribution in [3.05, 3.63) is 70.4 Å². The highest BCUT2D eigenvalue weighted by Crippen LogP contribution is 2.42. The first-order chi connectivity index (χ1) is 14.6. The van der Waals surface area contributed by atoms with Gasteiger partial charge in [-0.3, -0.25) is 9.59 Å². The fourth-order valence-electron chi connectivity index (χ4n) is 4.77. The highest BCUT2D eigenvalue weighted by Gasteiger charge is 2.47. The van der Waals surface area contributed by atoms with Gasteiger partial charge in [-0.15, -0.1) is 0 Å². The Morgan fingerprint density at radius 3 is 2.63 bits per heavy atom. The van der Waals surface area contributed by atoms with Gasteiger partial charge in [-0.25, -0.2) is 0 Å². The highest BCUT2D eigenvalue weighted by molar-refractivity contribution is 6.30. The minimum Gasteiger partial charge on any atom is -0.396 e. The number of para-hydroxylation sites is 1. The van der Waals surface area contributed by atoms with Crippen molar-refractivity contribution in [2.75, 3.05) is 19.7 Å². The number of aliphatic hydroxyl groups is 1. The molecule has 3 aromatic rings. The molecule has 154 valence electrons. The van der Waals surface area contributed by atoms with E-state index in [1.165, 1.54) is 0 Å². The summed E-state index contributed by atoms with van der Waals surface area (Å²) in [7, 11) is 0. The zero-order valence-corrected chi connectivity index (χ0v) is 17.1. The summed E-state index contributed by atoms with van der Waals surface area (Å²) in [6.45, 7) is 0.416. The number of rotatable bonds is 4. The average Bonchev–Trinajstić information content (AvgIpc) is 3.13. The molecule has 2 aromatic carbocycles. The smallest absolute Gasteiger partial charge is 0.246 e. The van der Waals surface area contributed by atoms with Crippen LogP contribution in [-0.2, 0) is 16.0 Å². The van der Waals surface area contributed by atoms with Crippen LogP contribution in [0.1, 0.15) is 29.3 Å². The molecule has 7 heteroatoms. The molecule has 30 heavy (non-hydrogen) atoms. The molecule has 0 unspecified atom stereocenters. The lowest BCUT2D eigenvalue weighted by atomic mass is 9.86. The van der Waals surface area contributed by atoms with Crippen molar-refractivity contribution in [1.82, 2.24) is 14.8 Å². The monoisotopic (exact) mass is 423 g/mol.